The van der Waals surface area contributed by atoms with Crippen LogP contribution in [0.5, 0.6) is 0 Å². The molecule has 4 unspecified atom stereocenters. The lowest BCUT2D eigenvalue weighted by Gasteiger charge is -2.35. The van der Waals surface area contributed by atoms with Crippen molar-refractivity contribution in [1.82, 2.24) is 0 Å². The minimum atomic E-state index is -4.85. The van der Waals surface area contributed by atoms with Gasteiger partial charge in [0.25, 0.3) is 0 Å². The smallest absolute Gasteiger partial charge is 0.310 e. The van der Waals surface area contributed by atoms with Gasteiger partial charge >= 0.3 is 32.2 Å². The van der Waals surface area contributed by atoms with Crippen molar-refractivity contribution in [2.75, 3.05) is 26.4 Å². The van der Waals surface area contributed by atoms with Crippen molar-refractivity contribution >= 4 is 32.2 Å². The number of rotatable bonds is 0. The van der Waals surface area contributed by atoms with Crippen molar-refractivity contribution in [2.24, 2.45) is 5.41 Å². The van der Waals surface area contributed by atoms with Crippen LogP contribution in [0, 0.1) is 5.41 Å². The second-order valence-electron chi connectivity index (χ2n) is 4.25. The molecule has 0 aliphatic carbocycles. The van der Waals surface area contributed by atoms with E-state index in [4.69, 9.17) is 9.05 Å². The van der Waals surface area contributed by atoms with Crippen molar-refractivity contribution in [3.63, 3.8) is 0 Å². The van der Waals surface area contributed by atoms with Crippen LogP contribution in [0.25, 0.3) is 0 Å². The third-order valence-corrected chi connectivity index (χ3v) is 7.09. The van der Waals surface area contributed by atoms with Crippen LogP contribution in [0.1, 0.15) is 0 Å². The van der Waals surface area contributed by atoms with Crippen LogP contribution in [-0.4, -0.2) is 36.2 Å². The molecule has 2 aliphatic rings. The quantitative estimate of drug-likeness (QED) is 0.568. The summed E-state index contributed by atoms with van der Waals surface area (Å²) in [5.74, 6) is 0. The fraction of sp³-hybridized carbons (Fsp3) is 1.00. The monoisotopic (exact) mass is 388 g/mol. The first-order valence-corrected chi connectivity index (χ1v) is 10.7. The summed E-state index contributed by atoms with van der Waals surface area (Å²) in [6, 6.07) is 0. The summed E-state index contributed by atoms with van der Waals surface area (Å²) in [4.78, 5) is 18.5. The zero-order chi connectivity index (χ0) is 15.7. The summed E-state index contributed by atoms with van der Waals surface area (Å²) in [5.41, 5.74) is -1.38. The van der Waals surface area contributed by atoms with Crippen molar-refractivity contribution in [3.05, 3.63) is 0 Å². The van der Waals surface area contributed by atoms with Gasteiger partial charge in [0, 0.05) is 0 Å². The van der Waals surface area contributed by atoms with Gasteiger partial charge in [-0.2, -0.15) is 4.31 Å². The first kappa shape index (κ1) is 17.9. The van der Waals surface area contributed by atoms with Crippen LogP contribution in [0.2, 0.25) is 0 Å². The maximum atomic E-state index is 11.4. The zero-order valence-electron chi connectivity index (χ0n) is 10.2. The SMILES string of the molecule is O=[PH]1OCC2(CO[PH](=O)O1)COP(=O)(O)OP(=O)(O)OC2. The molecule has 0 saturated carbocycles. The van der Waals surface area contributed by atoms with E-state index < -0.39 is 64.0 Å². The predicted molar refractivity (Wildman–Crippen MR) is 66.1 cm³/mol. The average Bonchev–Trinajstić information content (AvgIpc) is 2.33. The van der Waals surface area contributed by atoms with Crippen molar-refractivity contribution < 1.29 is 54.8 Å². The molecule has 0 aromatic carbocycles. The highest BCUT2D eigenvalue weighted by atomic mass is 31.3. The Labute approximate surface area is 119 Å². The van der Waals surface area contributed by atoms with Crippen LogP contribution in [0.15, 0.2) is 0 Å². The first-order chi connectivity index (χ1) is 9.62. The Morgan fingerprint density at radius 3 is 1.71 bits per heavy atom. The molecule has 21 heavy (non-hydrogen) atoms. The highest BCUT2D eigenvalue weighted by Crippen LogP contribution is 2.63. The highest BCUT2D eigenvalue weighted by Gasteiger charge is 2.46. The zero-order valence-corrected chi connectivity index (χ0v) is 14.0. The Bertz CT molecular complexity index is 498. The number of phosphoric ester groups is 2. The molecule has 16 heteroatoms. The van der Waals surface area contributed by atoms with Gasteiger partial charge in [-0.3, -0.25) is 18.2 Å². The maximum absolute atomic E-state index is 11.4. The van der Waals surface area contributed by atoms with Crippen LogP contribution in [-0.2, 0) is 45.0 Å². The minimum absolute atomic E-state index is 0.403. The van der Waals surface area contributed by atoms with Gasteiger partial charge in [-0.1, -0.05) is 0 Å². The van der Waals surface area contributed by atoms with E-state index in [1.807, 2.05) is 0 Å². The fourth-order valence-electron chi connectivity index (χ4n) is 1.42. The van der Waals surface area contributed by atoms with Crippen molar-refractivity contribution in [3.8, 4) is 0 Å². The Hall–Kier alpha value is 0.600. The molecule has 2 rings (SSSR count). The van der Waals surface area contributed by atoms with Gasteiger partial charge in [-0.05, 0) is 0 Å². The number of phosphoric acid groups is 2. The normalized spacial score (nSPS) is 49.8. The summed E-state index contributed by atoms with van der Waals surface area (Å²) in [6.45, 7) is -1.91. The molecule has 0 radical (unpaired) electrons. The van der Waals surface area contributed by atoms with Gasteiger partial charge in [-0.15, -0.1) is 0 Å². The van der Waals surface area contributed by atoms with Crippen LogP contribution < -0.4 is 0 Å². The van der Waals surface area contributed by atoms with Gasteiger partial charge in [0.1, 0.15) is 0 Å². The second-order valence-corrected chi connectivity index (χ2v) is 9.68. The Morgan fingerprint density at radius 1 is 0.857 bits per heavy atom. The van der Waals surface area contributed by atoms with E-state index in [9.17, 15) is 28.0 Å². The highest BCUT2D eigenvalue weighted by molar-refractivity contribution is 7.61. The molecule has 124 valence electrons. The van der Waals surface area contributed by atoms with Crippen LogP contribution >= 0.6 is 32.2 Å². The average molecular weight is 388 g/mol. The number of hydrogen-bond donors (Lipinski definition) is 2. The molecule has 12 nitrogen and oxygen atoms in total. The Balaban J connectivity index is 2.22. The third kappa shape index (κ3) is 5.32. The Morgan fingerprint density at radius 2 is 1.29 bits per heavy atom. The van der Waals surface area contributed by atoms with E-state index >= 15 is 0 Å². The van der Waals surface area contributed by atoms with Gasteiger partial charge in [0.05, 0.1) is 31.8 Å². The molecular weight excluding hydrogens is 376 g/mol. The van der Waals surface area contributed by atoms with Crippen LogP contribution in [0.3, 0.4) is 0 Å². The van der Waals surface area contributed by atoms with Gasteiger partial charge in [0.2, 0.25) is 0 Å². The minimum Gasteiger partial charge on any atom is -0.310 e. The van der Waals surface area contributed by atoms with E-state index in [2.05, 4.69) is 17.7 Å². The largest absolute Gasteiger partial charge is 0.481 e. The van der Waals surface area contributed by atoms with Crippen LogP contribution in [0.4, 0.5) is 0 Å². The molecule has 0 bridgehead atoms. The molecule has 2 fully saturated rings. The molecular formula is C5H12O12P4. The van der Waals surface area contributed by atoms with E-state index in [0.29, 0.717) is 0 Å². The molecule has 2 aliphatic heterocycles. The summed E-state index contributed by atoms with van der Waals surface area (Å²) in [5, 5.41) is 0. The summed E-state index contributed by atoms with van der Waals surface area (Å²) in [6.07, 6.45) is 0. The second kappa shape index (κ2) is 6.61. The lowest BCUT2D eigenvalue weighted by Crippen LogP contribution is -2.41. The van der Waals surface area contributed by atoms with E-state index in [-0.39, 0.29) is 0 Å². The van der Waals surface area contributed by atoms with Crippen molar-refractivity contribution in [2.45, 2.75) is 0 Å². The predicted octanol–water partition coefficient (Wildman–Crippen LogP) is 1.08. The van der Waals surface area contributed by atoms with Gasteiger partial charge < -0.3 is 18.8 Å². The fourth-order valence-corrected chi connectivity index (χ4v) is 5.57. The molecule has 0 aromatic rings. The number of hydrogen-bond acceptors (Lipinski definition) is 10. The molecule has 2 N–H and O–H groups in total. The lowest BCUT2D eigenvalue weighted by molar-refractivity contribution is -0.0337. The summed E-state index contributed by atoms with van der Waals surface area (Å²) in [7, 11) is -15.9. The first-order valence-electron chi connectivity index (χ1n) is 5.29. The van der Waals surface area contributed by atoms with Crippen molar-refractivity contribution in [1.29, 1.82) is 0 Å². The van der Waals surface area contributed by atoms with Gasteiger partial charge in [-0.25, -0.2) is 13.4 Å². The van der Waals surface area contributed by atoms with E-state index in [0.717, 1.165) is 0 Å². The molecule has 2 heterocycles. The van der Waals surface area contributed by atoms with E-state index in [1.54, 1.807) is 0 Å². The standard InChI is InChI=1S/C5H12O12P4/c6-18-12-1-5(2-13-19(7)16-18)3-14-20(8,9)17-21(10,11)15-4-5/h18-19H,1-4H2,(H,8,9)(H,10,11). The lowest BCUT2D eigenvalue weighted by atomic mass is 9.93. The summed E-state index contributed by atoms with van der Waals surface area (Å²) >= 11 is 0. The van der Waals surface area contributed by atoms with Gasteiger partial charge in [0.15, 0.2) is 0 Å². The molecule has 0 amide bonds. The topological polar surface area (TPSA) is 164 Å². The van der Waals surface area contributed by atoms with E-state index in [1.165, 1.54) is 0 Å². The molecule has 2 saturated heterocycles. The molecule has 0 aromatic heterocycles. The third-order valence-electron chi connectivity index (χ3n) is 2.43. The maximum Gasteiger partial charge on any atom is 0.481 e. The molecule has 1 spiro atoms. The molecule has 4 atom stereocenters. The Kier molecular flexibility index (Phi) is 5.65. The summed E-state index contributed by atoms with van der Waals surface area (Å²) < 4.78 is 72.4.